The van der Waals surface area contributed by atoms with Crippen molar-refractivity contribution in [2.24, 2.45) is 11.8 Å². The van der Waals surface area contributed by atoms with E-state index >= 15 is 0 Å². The molecule has 0 bridgehead atoms. The molecule has 2 unspecified atom stereocenters. The number of carbonyl (C=O) groups excluding carboxylic acids is 1. The van der Waals surface area contributed by atoms with Crippen molar-refractivity contribution in [2.75, 3.05) is 32.8 Å². The third-order valence-corrected chi connectivity index (χ3v) is 7.06. The normalized spacial score (nSPS) is 21.6. The molecule has 0 aliphatic carbocycles. The molecule has 0 aromatic heterocycles. The second kappa shape index (κ2) is 14.2. The van der Waals surface area contributed by atoms with E-state index in [2.05, 4.69) is 32.6 Å². The molecule has 4 nitrogen and oxygen atoms in total. The topological polar surface area (TPSA) is 32.8 Å². The Morgan fingerprint density at radius 1 is 1.23 bits per heavy atom. The van der Waals surface area contributed by atoms with E-state index in [-0.39, 0.29) is 18.4 Å². The van der Waals surface area contributed by atoms with Gasteiger partial charge < -0.3 is 14.5 Å². The number of amides is 1. The summed E-state index contributed by atoms with van der Waals surface area (Å²) in [4.78, 5) is 17.4. The minimum Gasteiger partial charge on any atom is -0.381 e. The van der Waals surface area contributed by atoms with Gasteiger partial charge >= 0.3 is 6.18 Å². The fraction of sp³-hybridized carbons (Fsp3) is 0.750. The molecule has 3 atom stereocenters. The first-order valence-corrected chi connectivity index (χ1v) is 13.4. The highest BCUT2D eigenvalue weighted by Crippen LogP contribution is 2.32. The van der Waals surface area contributed by atoms with Crippen LogP contribution in [0.25, 0.3) is 0 Å². The van der Waals surface area contributed by atoms with Gasteiger partial charge in [-0.2, -0.15) is 13.2 Å². The molecule has 0 spiro atoms. The summed E-state index contributed by atoms with van der Waals surface area (Å²) in [5, 5.41) is 0. The van der Waals surface area contributed by atoms with E-state index in [0.29, 0.717) is 30.5 Å². The number of rotatable bonds is 7. The number of fused-ring (bicyclic) bond motifs is 1. The smallest absolute Gasteiger partial charge is 0.381 e. The monoisotopic (exact) mass is 498 g/mol. The van der Waals surface area contributed by atoms with Crippen LogP contribution in [-0.4, -0.2) is 54.6 Å². The van der Waals surface area contributed by atoms with Crippen LogP contribution in [0.15, 0.2) is 18.2 Å². The average Bonchev–Trinajstić information content (AvgIpc) is 3.04. The zero-order valence-electron chi connectivity index (χ0n) is 22.3. The Bertz CT molecular complexity index is 784. The predicted octanol–water partition coefficient (Wildman–Crippen LogP) is 6.56. The molecule has 7 heteroatoms. The van der Waals surface area contributed by atoms with Gasteiger partial charge in [-0.3, -0.25) is 4.79 Å². The quantitative estimate of drug-likeness (QED) is 0.427. The first kappa shape index (κ1) is 29.6. The van der Waals surface area contributed by atoms with Gasteiger partial charge in [-0.25, -0.2) is 0 Å². The first-order valence-electron chi connectivity index (χ1n) is 13.4. The minimum atomic E-state index is -4.36. The molecular formula is C28H45F3N2O2. The highest BCUT2D eigenvalue weighted by Gasteiger charge is 2.32. The number of aryl methyl sites for hydroxylation is 1. The molecule has 0 radical (unpaired) electrons. The van der Waals surface area contributed by atoms with Crippen molar-refractivity contribution in [3.63, 3.8) is 0 Å². The predicted molar refractivity (Wildman–Crippen MR) is 135 cm³/mol. The Kier molecular flexibility index (Phi) is 12.0. The SMILES string of the molecule is CCC.CCN(CCCC(C)C(=O)N1CCCc2ccc(C(F)(F)F)cc2C1)[C@H]1CCOCC1C. The molecule has 0 N–H and O–H groups in total. The highest BCUT2D eigenvalue weighted by atomic mass is 19.4. The summed E-state index contributed by atoms with van der Waals surface area (Å²) in [5.41, 5.74) is 0.911. The molecule has 3 rings (SSSR count). The summed E-state index contributed by atoms with van der Waals surface area (Å²) < 4.78 is 45.0. The number of hydrogen-bond donors (Lipinski definition) is 0. The molecule has 200 valence electrons. The van der Waals surface area contributed by atoms with Gasteiger partial charge in [0.2, 0.25) is 5.91 Å². The Morgan fingerprint density at radius 3 is 2.57 bits per heavy atom. The molecule has 2 aliphatic heterocycles. The van der Waals surface area contributed by atoms with Crippen LogP contribution >= 0.6 is 0 Å². The molecular weight excluding hydrogens is 453 g/mol. The van der Waals surface area contributed by atoms with Gasteiger partial charge in [0.15, 0.2) is 0 Å². The summed E-state index contributed by atoms with van der Waals surface area (Å²) in [6.07, 6.45) is 1.15. The molecule has 2 heterocycles. The Morgan fingerprint density at radius 2 is 1.94 bits per heavy atom. The Labute approximate surface area is 210 Å². The molecule has 2 aliphatic rings. The summed E-state index contributed by atoms with van der Waals surface area (Å²) in [6.45, 7) is 15.1. The van der Waals surface area contributed by atoms with Gasteiger partial charge in [-0.15, -0.1) is 0 Å². The number of alkyl halides is 3. The zero-order valence-corrected chi connectivity index (χ0v) is 22.3. The van der Waals surface area contributed by atoms with Crippen molar-refractivity contribution in [3.8, 4) is 0 Å². The molecule has 1 aromatic rings. The number of benzene rings is 1. The van der Waals surface area contributed by atoms with E-state index in [1.165, 1.54) is 12.5 Å². The molecule has 1 saturated heterocycles. The Balaban J connectivity index is 0.00000137. The van der Waals surface area contributed by atoms with Crippen LogP contribution in [0.2, 0.25) is 0 Å². The lowest BCUT2D eigenvalue weighted by atomic mass is 9.95. The third kappa shape index (κ3) is 8.78. The lowest BCUT2D eigenvalue weighted by Crippen LogP contribution is -2.45. The fourth-order valence-corrected chi connectivity index (χ4v) is 5.13. The van der Waals surface area contributed by atoms with E-state index in [1.54, 1.807) is 11.0 Å². The second-order valence-electron chi connectivity index (χ2n) is 10.1. The second-order valence-corrected chi connectivity index (χ2v) is 10.1. The number of hydrogen-bond acceptors (Lipinski definition) is 3. The maximum atomic E-state index is 13.1. The lowest BCUT2D eigenvalue weighted by Gasteiger charge is -2.38. The van der Waals surface area contributed by atoms with Gasteiger partial charge in [-0.1, -0.05) is 47.1 Å². The van der Waals surface area contributed by atoms with Gasteiger partial charge in [0.05, 0.1) is 12.2 Å². The van der Waals surface area contributed by atoms with Crippen molar-refractivity contribution in [3.05, 3.63) is 34.9 Å². The summed E-state index contributed by atoms with van der Waals surface area (Å²) in [5.74, 6) is 0.437. The van der Waals surface area contributed by atoms with Crippen LogP contribution in [0, 0.1) is 11.8 Å². The van der Waals surface area contributed by atoms with Crippen LogP contribution in [0.1, 0.15) is 83.4 Å². The van der Waals surface area contributed by atoms with Crippen molar-refractivity contribution < 1.29 is 22.7 Å². The third-order valence-electron chi connectivity index (χ3n) is 7.06. The van der Waals surface area contributed by atoms with E-state index in [4.69, 9.17) is 4.74 Å². The average molecular weight is 499 g/mol. The summed E-state index contributed by atoms with van der Waals surface area (Å²) in [6, 6.07) is 4.48. The number of carbonyl (C=O) groups is 1. The number of nitrogens with zero attached hydrogens (tertiary/aromatic N) is 2. The molecule has 1 aromatic carbocycles. The zero-order chi connectivity index (χ0) is 26.0. The van der Waals surface area contributed by atoms with E-state index in [9.17, 15) is 18.0 Å². The van der Waals surface area contributed by atoms with Crippen LogP contribution in [0.5, 0.6) is 0 Å². The van der Waals surface area contributed by atoms with Crippen molar-refractivity contribution in [1.29, 1.82) is 0 Å². The highest BCUT2D eigenvalue weighted by molar-refractivity contribution is 5.78. The van der Waals surface area contributed by atoms with Crippen molar-refractivity contribution >= 4 is 5.91 Å². The van der Waals surface area contributed by atoms with Crippen LogP contribution in [0.4, 0.5) is 13.2 Å². The van der Waals surface area contributed by atoms with Gasteiger partial charge in [-0.05, 0) is 74.4 Å². The minimum absolute atomic E-state index is 0.0535. The first-order chi connectivity index (χ1) is 16.6. The molecule has 1 fully saturated rings. The van der Waals surface area contributed by atoms with E-state index in [1.807, 2.05) is 6.92 Å². The largest absolute Gasteiger partial charge is 0.416 e. The van der Waals surface area contributed by atoms with Crippen molar-refractivity contribution in [1.82, 2.24) is 9.80 Å². The lowest BCUT2D eigenvalue weighted by molar-refractivity contribution is -0.137. The van der Waals surface area contributed by atoms with Gasteiger partial charge in [0, 0.05) is 31.7 Å². The Hall–Kier alpha value is -1.60. The van der Waals surface area contributed by atoms with E-state index < -0.39 is 11.7 Å². The maximum absolute atomic E-state index is 13.1. The molecule has 35 heavy (non-hydrogen) atoms. The van der Waals surface area contributed by atoms with Crippen molar-refractivity contribution in [2.45, 2.75) is 91.9 Å². The standard InChI is InChI=1S/C25H37F3N2O2.C3H8/c1-4-29(23-11-14-32-17-19(23)3)12-5-7-18(2)24(31)30-13-6-8-20-9-10-22(25(26,27)28)15-21(20)16-30;1-3-2/h9-10,15,18-19,23H,4-8,11-14,16-17H2,1-3H3;3H2,1-2H3/t18?,19?,23-;/m0./s1. The summed E-state index contributed by atoms with van der Waals surface area (Å²) >= 11 is 0. The van der Waals surface area contributed by atoms with Gasteiger partial charge in [0.1, 0.15) is 0 Å². The fourth-order valence-electron chi connectivity index (χ4n) is 5.13. The van der Waals surface area contributed by atoms with Gasteiger partial charge in [0.25, 0.3) is 0 Å². The van der Waals surface area contributed by atoms with Crippen LogP contribution < -0.4 is 0 Å². The number of halogens is 3. The molecule has 0 saturated carbocycles. The molecule has 1 amide bonds. The van der Waals surface area contributed by atoms with Crippen LogP contribution in [0.3, 0.4) is 0 Å². The van der Waals surface area contributed by atoms with E-state index in [0.717, 1.165) is 63.6 Å². The van der Waals surface area contributed by atoms with Crippen LogP contribution in [-0.2, 0) is 28.7 Å². The maximum Gasteiger partial charge on any atom is 0.416 e. The summed E-state index contributed by atoms with van der Waals surface area (Å²) in [7, 11) is 0. The number of ether oxygens (including phenoxy) is 1.